The molecule has 0 aliphatic rings. The van der Waals surface area contributed by atoms with E-state index in [1.54, 1.807) is 0 Å². The van der Waals surface area contributed by atoms with Gasteiger partial charge >= 0.3 is 0 Å². The van der Waals surface area contributed by atoms with E-state index in [4.69, 9.17) is 0 Å². The summed E-state index contributed by atoms with van der Waals surface area (Å²) in [5.74, 6) is 0. The van der Waals surface area contributed by atoms with Crippen LogP contribution < -0.4 is 0 Å². The molecule has 1 heterocycles. The summed E-state index contributed by atoms with van der Waals surface area (Å²) in [5.41, 5.74) is 3.80. The van der Waals surface area contributed by atoms with Crippen molar-refractivity contribution in [2.45, 2.75) is 20.8 Å². The second kappa shape index (κ2) is 4.83. The van der Waals surface area contributed by atoms with Crippen molar-refractivity contribution in [1.82, 2.24) is 4.57 Å². The number of benzene rings is 1. The molecule has 15 heavy (non-hydrogen) atoms. The van der Waals surface area contributed by atoms with Gasteiger partial charge in [-0.25, -0.2) is 0 Å². The molecule has 0 aliphatic heterocycles. The minimum atomic E-state index is 1.21. The van der Waals surface area contributed by atoms with Gasteiger partial charge in [0.15, 0.2) is 0 Å². The van der Waals surface area contributed by atoms with Gasteiger partial charge in [-0.15, -0.1) is 0 Å². The van der Waals surface area contributed by atoms with Crippen LogP contribution in [0.25, 0.3) is 17.0 Å². The molecule has 0 aliphatic carbocycles. The van der Waals surface area contributed by atoms with Crippen molar-refractivity contribution in [2.75, 3.05) is 0 Å². The second-order valence-electron chi connectivity index (χ2n) is 3.29. The molecule has 0 radical (unpaired) electrons. The van der Waals surface area contributed by atoms with Crippen LogP contribution in [0.4, 0.5) is 0 Å². The highest BCUT2D eigenvalue weighted by atomic mass is 14.9. The predicted octanol–water partition coefficient (Wildman–Crippen LogP) is 4.16. The van der Waals surface area contributed by atoms with Gasteiger partial charge in [0.2, 0.25) is 0 Å². The third-order valence-corrected chi connectivity index (χ3v) is 2.61. The van der Waals surface area contributed by atoms with Crippen molar-refractivity contribution in [3.63, 3.8) is 0 Å². The van der Waals surface area contributed by atoms with E-state index in [0.29, 0.717) is 0 Å². The first kappa shape index (κ1) is 11.6. The van der Waals surface area contributed by atoms with Crippen molar-refractivity contribution < 1.29 is 0 Å². The van der Waals surface area contributed by atoms with Crippen LogP contribution in [-0.4, -0.2) is 4.57 Å². The summed E-state index contributed by atoms with van der Waals surface area (Å²) in [6.07, 6.45) is 1.91. The summed E-state index contributed by atoms with van der Waals surface area (Å²) in [4.78, 5) is 0. The summed E-state index contributed by atoms with van der Waals surface area (Å²) in [6, 6.07) is 8.42. The number of aromatic nitrogens is 1. The highest BCUT2D eigenvalue weighted by molar-refractivity contribution is 5.87. The SMILES string of the molecule is C=Cc1c(C)c2ccccc2n1C.CC. The number of nitrogens with zero attached hydrogens (tertiary/aromatic N) is 1. The van der Waals surface area contributed by atoms with Gasteiger partial charge in [0.25, 0.3) is 0 Å². The Morgan fingerprint density at radius 3 is 2.33 bits per heavy atom. The highest BCUT2D eigenvalue weighted by Gasteiger charge is 2.06. The van der Waals surface area contributed by atoms with Gasteiger partial charge in [-0.2, -0.15) is 0 Å². The maximum absolute atomic E-state index is 3.83. The van der Waals surface area contributed by atoms with Crippen molar-refractivity contribution >= 4 is 17.0 Å². The van der Waals surface area contributed by atoms with Crippen molar-refractivity contribution in [2.24, 2.45) is 7.05 Å². The maximum atomic E-state index is 3.83. The molecule has 80 valence electrons. The highest BCUT2D eigenvalue weighted by Crippen LogP contribution is 2.24. The number of aryl methyl sites for hydroxylation is 2. The Morgan fingerprint density at radius 1 is 1.20 bits per heavy atom. The molecule has 2 rings (SSSR count). The summed E-state index contributed by atoms with van der Waals surface area (Å²) < 4.78 is 2.18. The molecule has 1 nitrogen and oxygen atoms in total. The fourth-order valence-corrected chi connectivity index (χ4v) is 1.89. The minimum absolute atomic E-state index is 1.21. The Morgan fingerprint density at radius 2 is 1.80 bits per heavy atom. The third kappa shape index (κ3) is 1.82. The predicted molar refractivity (Wildman–Crippen MR) is 69.1 cm³/mol. The Balaban J connectivity index is 0.000000531. The number of hydrogen-bond acceptors (Lipinski definition) is 0. The number of hydrogen-bond donors (Lipinski definition) is 0. The molecule has 0 atom stereocenters. The molecule has 0 bridgehead atoms. The van der Waals surface area contributed by atoms with Crippen LogP contribution in [0.2, 0.25) is 0 Å². The quantitative estimate of drug-likeness (QED) is 0.653. The Labute approximate surface area is 92.0 Å². The topological polar surface area (TPSA) is 4.93 Å². The fraction of sp³-hybridized carbons (Fsp3) is 0.286. The van der Waals surface area contributed by atoms with Crippen molar-refractivity contribution in [1.29, 1.82) is 0 Å². The van der Waals surface area contributed by atoms with Gasteiger partial charge in [-0.05, 0) is 24.6 Å². The lowest BCUT2D eigenvalue weighted by Gasteiger charge is -1.97. The van der Waals surface area contributed by atoms with E-state index in [2.05, 4.69) is 49.4 Å². The van der Waals surface area contributed by atoms with E-state index >= 15 is 0 Å². The molecular formula is C14H19N. The van der Waals surface area contributed by atoms with Crippen LogP contribution in [0.15, 0.2) is 30.8 Å². The summed E-state index contributed by atoms with van der Waals surface area (Å²) in [5, 5.41) is 1.32. The zero-order chi connectivity index (χ0) is 11.4. The van der Waals surface area contributed by atoms with Gasteiger partial charge in [0.1, 0.15) is 0 Å². The molecule has 0 spiro atoms. The number of fused-ring (bicyclic) bond motifs is 1. The lowest BCUT2D eigenvalue weighted by molar-refractivity contribution is 0.949. The van der Waals surface area contributed by atoms with Crippen LogP contribution in [0.3, 0.4) is 0 Å². The number of rotatable bonds is 1. The van der Waals surface area contributed by atoms with Crippen molar-refractivity contribution in [3.8, 4) is 0 Å². The monoisotopic (exact) mass is 201 g/mol. The first-order valence-electron chi connectivity index (χ1n) is 5.42. The van der Waals surface area contributed by atoms with Gasteiger partial charge in [0, 0.05) is 23.6 Å². The smallest absolute Gasteiger partial charge is 0.0485 e. The van der Waals surface area contributed by atoms with Crippen LogP contribution in [0.5, 0.6) is 0 Å². The van der Waals surface area contributed by atoms with Crippen LogP contribution in [-0.2, 0) is 7.05 Å². The molecule has 0 saturated heterocycles. The average molecular weight is 201 g/mol. The minimum Gasteiger partial charge on any atom is -0.344 e. The summed E-state index contributed by atoms with van der Waals surface area (Å²) >= 11 is 0. The maximum Gasteiger partial charge on any atom is 0.0485 e. The molecule has 0 fully saturated rings. The van der Waals surface area contributed by atoms with Gasteiger partial charge in [-0.1, -0.05) is 38.6 Å². The fourth-order valence-electron chi connectivity index (χ4n) is 1.89. The molecule has 2 aromatic rings. The average Bonchev–Trinajstić information content (AvgIpc) is 2.55. The van der Waals surface area contributed by atoms with E-state index in [9.17, 15) is 0 Å². The zero-order valence-electron chi connectivity index (χ0n) is 10.0. The van der Waals surface area contributed by atoms with Crippen molar-refractivity contribution in [3.05, 3.63) is 42.1 Å². The largest absolute Gasteiger partial charge is 0.344 e. The van der Waals surface area contributed by atoms with Gasteiger partial charge in [0.05, 0.1) is 0 Å². The molecule has 0 amide bonds. The Hall–Kier alpha value is -1.50. The summed E-state index contributed by atoms with van der Waals surface area (Å²) in [7, 11) is 2.08. The first-order chi connectivity index (χ1) is 7.25. The van der Waals surface area contributed by atoms with E-state index < -0.39 is 0 Å². The van der Waals surface area contributed by atoms with Crippen LogP contribution >= 0.6 is 0 Å². The van der Waals surface area contributed by atoms with Gasteiger partial charge in [-0.3, -0.25) is 0 Å². The van der Waals surface area contributed by atoms with Gasteiger partial charge < -0.3 is 4.57 Å². The molecule has 0 unspecified atom stereocenters. The van der Waals surface area contributed by atoms with Crippen LogP contribution in [0.1, 0.15) is 25.1 Å². The van der Waals surface area contributed by atoms with E-state index in [1.807, 2.05) is 19.9 Å². The molecular weight excluding hydrogens is 182 g/mol. The lowest BCUT2D eigenvalue weighted by Crippen LogP contribution is -1.89. The normalized spacial score (nSPS) is 9.60. The van der Waals surface area contributed by atoms with E-state index in [1.165, 1.54) is 22.2 Å². The molecule has 1 aromatic heterocycles. The third-order valence-electron chi connectivity index (χ3n) is 2.61. The molecule has 0 N–H and O–H groups in total. The lowest BCUT2D eigenvalue weighted by atomic mass is 10.1. The Bertz CT molecular complexity index is 424. The molecule has 1 aromatic carbocycles. The second-order valence-corrected chi connectivity index (χ2v) is 3.29. The molecule has 1 heteroatoms. The first-order valence-corrected chi connectivity index (χ1v) is 5.42. The standard InChI is InChI=1S/C12H13N.C2H6/c1-4-11-9(2)10-7-5-6-8-12(10)13(11)3;1-2/h4-8H,1H2,2-3H3;1-2H3. The van der Waals surface area contributed by atoms with E-state index in [0.717, 1.165) is 0 Å². The zero-order valence-corrected chi connectivity index (χ0v) is 10.0. The van der Waals surface area contributed by atoms with E-state index in [-0.39, 0.29) is 0 Å². The Kier molecular flexibility index (Phi) is 3.73. The molecule has 0 saturated carbocycles. The number of para-hydroxylation sites is 1. The van der Waals surface area contributed by atoms with Crippen LogP contribution in [0, 0.1) is 6.92 Å². The summed E-state index contributed by atoms with van der Waals surface area (Å²) in [6.45, 7) is 9.97.